The van der Waals surface area contributed by atoms with E-state index in [4.69, 9.17) is 0 Å². The molecule has 160 valence electrons. The Morgan fingerprint density at radius 3 is 2.97 bits per heavy atom. The first kappa shape index (κ1) is 19.7. The molecule has 3 heterocycles. The Bertz CT molecular complexity index is 1110. The van der Waals surface area contributed by atoms with Gasteiger partial charge in [-0.15, -0.1) is 0 Å². The first-order chi connectivity index (χ1) is 15.2. The second-order valence-corrected chi connectivity index (χ2v) is 8.52. The van der Waals surface area contributed by atoms with Crippen molar-refractivity contribution in [1.29, 1.82) is 0 Å². The van der Waals surface area contributed by atoms with Gasteiger partial charge in [-0.3, -0.25) is 9.59 Å². The van der Waals surface area contributed by atoms with Gasteiger partial charge in [-0.1, -0.05) is 24.3 Å². The van der Waals surface area contributed by atoms with Gasteiger partial charge in [0.2, 0.25) is 5.91 Å². The molecule has 2 unspecified atom stereocenters. The van der Waals surface area contributed by atoms with Crippen molar-refractivity contribution in [3.63, 3.8) is 0 Å². The Labute approximate surface area is 181 Å². The first-order valence-corrected chi connectivity index (χ1v) is 11.1. The van der Waals surface area contributed by atoms with E-state index in [2.05, 4.69) is 32.9 Å². The smallest absolute Gasteiger partial charge is 0.267 e. The van der Waals surface area contributed by atoms with Gasteiger partial charge in [-0.05, 0) is 49.3 Å². The minimum atomic E-state index is -0.232. The van der Waals surface area contributed by atoms with Crippen LogP contribution in [0.25, 0.3) is 5.57 Å². The molecule has 3 aliphatic rings. The molecular formula is C24H27N5O2. The highest BCUT2D eigenvalue weighted by atomic mass is 16.2. The lowest BCUT2D eigenvalue weighted by Crippen LogP contribution is -2.41. The van der Waals surface area contributed by atoms with Gasteiger partial charge in [0.15, 0.2) is 0 Å². The Hall–Kier alpha value is -3.22. The molecule has 0 bridgehead atoms. The molecule has 2 atom stereocenters. The largest absolute Gasteiger partial charge is 0.334 e. The molecule has 5 rings (SSSR count). The van der Waals surface area contributed by atoms with Crippen LogP contribution >= 0.6 is 0 Å². The number of carbonyl (C=O) groups is 1. The average molecular weight is 418 g/mol. The zero-order chi connectivity index (χ0) is 21.2. The first-order valence-electron chi connectivity index (χ1n) is 11.1. The molecule has 1 saturated heterocycles. The van der Waals surface area contributed by atoms with E-state index in [1.54, 1.807) is 12.3 Å². The molecule has 0 spiro atoms. The van der Waals surface area contributed by atoms with Crippen LogP contribution in [0, 0.1) is 5.92 Å². The molecule has 0 aromatic carbocycles. The summed E-state index contributed by atoms with van der Waals surface area (Å²) < 4.78 is 3.39. The van der Waals surface area contributed by atoms with Crippen LogP contribution in [0.5, 0.6) is 0 Å². The zero-order valence-electron chi connectivity index (χ0n) is 17.6. The number of allylic oxidation sites excluding steroid dienone is 4. The second-order valence-electron chi connectivity index (χ2n) is 8.52. The Balaban J connectivity index is 1.30. The fraction of sp³-hybridized carbons (Fsp3) is 0.417. The molecule has 7 heteroatoms. The summed E-state index contributed by atoms with van der Waals surface area (Å²) in [6.07, 6.45) is 19.4. The molecule has 2 aromatic heterocycles. The van der Waals surface area contributed by atoms with Crippen LogP contribution in [0.2, 0.25) is 0 Å². The van der Waals surface area contributed by atoms with E-state index in [1.807, 2.05) is 23.5 Å². The van der Waals surface area contributed by atoms with Crippen LogP contribution in [-0.4, -0.2) is 42.7 Å². The maximum atomic E-state index is 13.2. The third kappa shape index (κ3) is 4.04. The van der Waals surface area contributed by atoms with Crippen LogP contribution in [-0.2, 0) is 17.9 Å². The van der Waals surface area contributed by atoms with Gasteiger partial charge >= 0.3 is 0 Å². The molecule has 1 aliphatic heterocycles. The normalized spacial score (nSPS) is 22.8. The van der Waals surface area contributed by atoms with Crippen molar-refractivity contribution in [2.24, 2.45) is 5.92 Å². The average Bonchev–Trinajstić information content (AvgIpc) is 3.46. The Morgan fingerprint density at radius 2 is 2.16 bits per heavy atom. The number of imidazole rings is 1. The fourth-order valence-electron chi connectivity index (χ4n) is 4.95. The Morgan fingerprint density at radius 1 is 1.23 bits per heavy atom. The standard InChI is InChI=1S/C24H27N5O2/c30-23-10-9-21(18-5-2-1-3-6-18)26-29(23)16-24(31)28-13-11-20-19(7-4-8-22(20)28)15-27-14-12-25-17-27/h4-5,7-10,12,14,17,20,22H,1-3,6,11,13,15-16H2. The minimum absolute atomic E-state index is 0.0163. The highest BCUT2D eigenvalue weighted by Gasteiger charge is 2.38. The number of aromatic nitrogens is 4. The maximum Gasteiger partial charge on any atom is 0.267 e. The number of hydrogen-bond donors (Lipinski definition) is 0. The van der Waals surface area contributed by atoms with Gasteiger partial charge in [0.1, 0.15) is 6.54 Å². The number of amides is 1. The molecule has 7 nitrogen and oxygen atoms in total. The van der Waals surface area contributed by atoms with E-state index in [0.717, 1.165) is 37.9 Å². The predicted molar refractivity (Wildman–Crippen MR) is 118 cm³/mol. The topological polar surface area (TPSA) is 73.0 Å². The van der Waals surface area contributed by atoms with E-state index >= 15 is 0 Å². The van der Waals surface area contributed by atoms with Gasteiger partial charge < -0.3 is 9.47 Å². The van der Waals surface area contributed by atoms with Crippen molar-refractivity contribution in [2.75, 3.05) is 6.54 Å². The van der Waals surface area contributed by atoms with Gasteiger partial charge in [0.05, 0.1) is 18.1 Å². The molecule has 31 heavy (non-hydrogen) atoms. The summed E-state index contributed by atoms with van der Waals surface area (Å²) in [6.45, 7) is 1.46. The molecule has 2 aliphatic carbocycles. The Kier molecular flexibility index (Phi) is 5.40. The minimum Gasteiger partial charge on any atom is -0.334 e. The van der Waals surface area contributed by atoms with Crippen LogP contribution in [0.15, 0.2) is 65.5 Å². The van der Waals surface area contributed by atoms with Crippen molar-refractivity contribution in [3.8, 4) is 0 Å². The highest BCUT2D eigenvalue weighted by molar-refractivity contribution is 5.77. The summed E-state index contributed by atoms with van der Waals surface area (Å²) in [5.74, 6) is 0.255. The maximum absolute atomic E-state index is 13.2. The van der Waals surface area contributed by atoms with E-state index in [1.165, 1.54) is 28.3 Å². The lowest BCUT2D eigenvalue weighted by atomic mass is 9.87. The van der Waals surface area contributed by atoms with E-state index in [0.29, 0.717) is 12.5 Å². The summed E-state index contributed by atoms with van der Waals surface area (Å²) in [5, 5.41) is 4.52. The third-order valence-corrected chi connectivity index (χ3v) is 6.56. The number of rotatable bonds is 5. The van der Waals surface area contributed by atoms with Crippen molar-refractivity contribution >= 4 is 11.5 Å². The molecule has 0 radical (unpaired) electrons. The highest BCUT2D eigenvalue weighted by Crippen LogP contribution is 2.35. The molecule has 0 saturated carbocycles. The number of nitrogens with zero attached hydrogens (tertiary/aromatic N) is 5. The van der Waals surface area contributed by atoms with Gasteiger partial charge in [0.25, 0.3) is 5.56 Å². The van der Waals surface area contributed by atoms with Crippen LogP contribution in [0.1, 0.15) is 37.8 Å². The van der Waals surface area contributed by atoms with Crippen molar-refractivity contribution < 1.29 is 4.79 Å². The molecule has 1 amide bonds. The molecule has 0 N–H and O–H groups in total. The van der Waals surface area contributed by atoms with Gasteiger partial charge in [-0.2, -0.15) is 5.10 Å². The summed E-state index contributed by atoms with van der Waals surface area (Å²) in [7, 11) is 0. The van der Waals surface area contributed by atoms with Gasteiger partial charge in [0, 0.05) is 37.5 Å². The summed E-state index contributed by atoms with van der Waals surface area (Å²) in [5.41, 5.74) is 3.07. The van der Waals surface area contributed by atoms with Crippen molar-refractivity contribution in [3.05, 3.63) is 76.8 Å². The van der Waals surface area contributed by atoms with Crippen LogP contribution < -0.4 is 5.56 Å². The lowest BCUT2D eigenvalue weighted by molar-refractivity contribution is -0.132. The SMILES string of the molecule is O=C(Cn1nc(C2=CCCCC2)ccc1=O)N1CCC2C(Cn3ccnc3)=CC=CC21. The third-order valence-electron chi connectivity index (χ3n) is 6.56. The van der Waals surface area contributed by atoms with Crippen molar-refractivity contribution in [2.45, 2.75) is 51.2 Å². The molecule has 2 aromatic rings. The number of fused-ring (bicyclic) bond motifs is 1. The summed E-state index contributed by atoms with van der Waals surface area (Å²) in [4.78, 5) is 31.6. The summed E-state index contributed by atoms with van der Waals surface area (Å²) >= 11 is 0. The van der Waals surface area contributed by atoms with E-state index < -0.39 is 0 Å². The monoisotopic (exact) mass is 417 g/mol. The van der Waals surface area contributed by atoms with Crippen LogP contribution in [0.3, 0.4) is 0 Å². The second kappa shape index (κ2) is 8.49. The fourth-order valence-corrected chi connectivity index (χ4v) is 4.95. The number of hydrogen-bond acceptors (Lipinski definition) is 4. The summed E-state index contributed by atoms with van der Waals surface area (Å²) in [6, 6.07) is 3.35. The molecule has 1 fully saturated rings. The quantitative estimate of drug-likeness (QED) is 0.750. The lowest BCUT2D eigenvalue weighted by Gasteiger charge is -2.29. The number of carbonyl (C=O) groups excluding carboxylic acids is 1. The zero-order valence-corrected chi connectivity index (χ0v) is 17.6. The van der Waals surface area contributed by atoms with Gasteiger partial charge in [-0.25, -0.2) is 9.67 Å². The van der Waals surface area contributed by atoms with E-state index in [9.17, 15) is 9.59 Å². The molecular weight excluding hydrogens is 390 g/mol. The number of likely N-dealkylation sites (tertiary alicyclic amines) is 1. The predicted octanol–water partition coefficient (Wildman–Crippen LogP) is 2.81. The van der Waals surface area contributed by atoms with Crippen molar-refractivity contribution in [1.82, 2.24) is 24.2 Å². The van der Waals surface area contributed by atoms with E-state index in [-0.39, 0.29) is 24.1 Å². The van der Waals surface area contributed by atoms with Crippen LogP contribution in [0.4, 0.5) is 0 Å².